The summed E-state index contributed by atoms with van der Waals surface area (Å²) in [5.74, 6) is 0. The summed E-state index contributed by atoms with van der Waals surface area (Å²) in [7, 11) is 0. The summed E-state index contributed by atoms with van der Waals surface area (Å²) in [6.45, 7) is 0. The molecule has 0 radical (unpaired) electrons. The molecule has 0 aliphatic heterocycles. The second kappa shape index (κ2) is 2.54. The van der Waals surface area contributed by atoms with Crippen LogP contribution in [0.5, 0.6) is 0 Å². The van der Waals surface area contributed by atoms with Gasteiger partial charge in [-0.2, -0.15) is 12.6 Å². The van der Waals surface area contributed by atoms with Crippen molar-refractivity contribution in [2.45, 2.75) is 17.8 Å². The third-order valence-electron chi connectivity index (χ3n) is 2.17. The lowest BCUT2D eigenvalue weighted by Crippen LogP contribution is -2.07. The molecule has 0 fully saturated rings. The molecular formula is C9H10OS. The second-order valence-electron chi connectivity index (χ2n) is 2.92. The normalized spacial score (nSPS) is 28.5. The summed E-state index contributed by atoms with van der Waals surface area (Å²) in [5, 5.41) is 9.46. The highest BCUT2D eigenvalue weighted by Crippen LogP contribution is 2.35. The van der Waals surface area contributed by atoms with Crippen molar-refractivity contribution in [3.8, 4) is 0 Å². The standard InChI is InChI=1S/C9H10OS/c10-8-5-6-3-1-2-4-7(6)9(8)11/h1-4,8-11H,5H2/t8-,9+/m0/s1. The zero-order valence-corrected chi connectivity index (χ0v) is 6.96. The second-order valence-corrected chi connectivity index (χ2v) is 3.47. The van der Waals surface area contributed by atoms with Crippen LogP contribution < -0.4 is 0 Å². The van der Waals surface area contributed by atoms with Gasteiger partial charge >= 0.3 is 0 Å². The third-order valence-corrected chi connectivity index (χ3v) is 2.79. The van der Waals surface area contributed by atoms with E-state index in [4.69, 9.17) is 0 Å². The van der Waals surface area contributed by atoms with Crippen LogP contribution >= 0.6 is 12.6 Å². The number of hydrogen-bond donors (Lipinski definition) is 2. The van der Waals surface area contributed by atoms with E-state index in [0.29, 0.717) is 0 Å². The van der Waals surface area contributed by atoms with Gasteiger partial charge in [-0.1, -0.05) is 24.3 Å². The van der Waals surface area contributed by atoms with Gasteiger partial charge in [0.05, 0.1) is 11.4 Å². The molecule has 1 N–H and O–H groups in total. The van der Waals surface area contributed by atoms with E-state index in [1.807, 2.05) is 18.2 Å². The monoisotopic (exact) mass is 166 g/mol. The molecule has 0 saturated carbocycles. The molecule has 0 heterocycles. The first kappa shape index (κ1) is 7.19. The van der Waals surface area contributed by atoms with E-state index in [0.717, 1.165) is 6.42 Å². The van der Waals surface area contributed by atoms with Crippen LogP contribution in [0.25, 0.3) is 0 Å². The van der Waals surface area contributed by atoms with Crippen LogP contribution in [-0.4, -0.2) is 11.2 Å². The van der Waals surface area contributed by atoms with E-state index >= 15 is 0 Å². The highest BCUT2D eigenvalue weighted by molar-refractivity contribution is 7.80. The molecule has 1 aromatic carbocycles. The van der Waals surface area contributed by atoms with Crippen LogP contribution in [0.15, 0.2) is 24.3 Å². The van der Waals surface area contributed by atoms with E-state index in [1.54, 1.807) is 0 Å². The molecule has 0 amide bonds. The van der Waals surface area contributed by atoms with Gasteiger partial charge in [0.1, 0.15) is 0 Å². The van der Waals surface area contributed by atoms with Gasteiger partial charge in [0.15, 0.2) is 0 Å². The quantitative estimate of drug-likeness (QED) is 0.561. The number of aliphatic hydroxyl groups is 1. The maximum Gasteiger partial charge on any atom is 0.0737 e. The van der Waals surface area contributed by atoms with Gasteiger partial charge in [-0.05, 0) is 11.1 Å². The van der Waals surface area contributed by atoms with E-state index in [1.165, 1.54) is 11.1 Å². The van der Waals surface area contributed by atoms with Gasteiger partial charge in [0, 0.05) is 6.42 Å². The molecule has 2 atom stereocenters. The Labute approximate surface area is 71.5 Å². The summed E-state index contributed by atoms with van der Waals surface area (Å²) in [5.41, 5.74) is 2.42. The summed E-state index contributed by atoms with van der Waals surface area (Å²) in [6.07, 6.45) is 0.459. The average molecular weight is 166 g/mol. The fourth-order valence-electron chi connectivity index (χ4n) is 1.55. The van der Waals surface area contributed by atoms with Crippen molar-refractivity contribution in [1.82, 2.24) is 0 Å². The van der Waals surface area contributed by atoms with Crippen molar-refractivity contribution in [3.63, 3.8) is 0 Å². The van der Waals surface area contributed by atoms with E-state index in [9.17, 15) is 5.11 Å². The Morgan fingerprint density at radius 3 is 2.82 bits per heavy atom. The molecule has 0 spiro atoms. The molecule has 1 aliphatic rings. The van der Waals surface area contributed by atoms with Gasteiger partial charge in [-0.3, -0.25) is 0 Å². The van der Waals surface area contributed by atoms with E-state index in [-0.39, 0.29) is 11.4 Å². The maximum atomic E-state index is 9.44. The molecule has 1 aliphatic carbocycles. The van der Waals surface area contributed by atoms with Crippen LogP contribution in [0.1, 0.15) is 16.4 Å². The SMILES string of the molecule is O[C@H]1Cc2ccccc2[C@H]1S. The molecule has 1 aromatic rings. The Bertz CT molecular complexity index is 272. The molecular weight excluding hydrogens is 156 g/mol. The average Bonchev–Trinajstić information content (AvgIpc) is 2.30. The molecule has 58 valence electrons. The topological polar surface area (TPSA) is 20.2 Å². The van der Waals surface area contributed by atoms with Crippen molar-refractivity contribution >= 4 is 12.6 Å². The van der Waals surface area contributed by atoms with Crippen LogP contribution in [0.3, 0.4) is 0 Å². The molecule has 11 heavy (non-hydrogen) atoms. The summed E-state index contributed by atoms with van der Waals surface area (Å²) >= 11 is 4.32. The van der Waals surface area contributed by atoms with Gasteiger partial charge in [-0.15, -0.1) is 0 Å². The molecule has 2 heteroatoms. The molecule has 2 rings (SSSR count). The van der Waals surface area contributed by atoms with Crippen LogP contribution in [0, 0.1) is 0 Å². The van der Waals surface area contributed by atoms with Gasteiger partial charge in [0.25, 0.3) is 0 Å². The van der Waals surface area contributed by atoms with Crippen LogP contribution in [0.2, 0.25) is 0 Å². The highest BCUT2D eigenvalue weighted by Gasteiger charge is 2.27. The Morgan fingerprint density at radius 2 is 2.09 bits per heavy atom. The summed E-state index contributed by atoms with van der Waals surface area (Å²) < 4.78 is 0. The Hall–Kier alpha value is -0.470. The minimum atomic E-state index is -0.296. The zero-order chi connectivity index (χ0) is 7.84. The molecule has 0 bridgehead atoms. The fourth-order valence-corrected chi connectivity index (χ4v) is 1.91. The number of aliphatic hydroxyl groups excluding tert-OH is 1. The predicted octanol–water partition coefficient (Wildman–Crippen LogP) is 1.57. The van der Waals surface area contributed by atoms with Crippen molar-refractivity contribution in [2.75, 3.05) is 0 Å². The van der Waals surface area contributed by atoms with Crippen LogP contribution in [-0.2, 0) is 6.42 Å². The lowest BCUT2D eigenvalue weighted by molar-refractivity contribution is 0.184. The fraction of sp³-hybridized carbons (Fsp3) is 0.333. The van der Waals surface area contributed by atoms with Gasteiger partial charge < -0.3 is 5.11 Å². The third kappa shape index (κ3) is 1.06. The maximum absolute atomic E-state index is 9.44. The highest BCUT2D eigenvalue weighted by atomic mass is 32.1. The van der Waals surface area contributed by atoms with Crippen molar-refractivity contribution in [3.05, 3.63) is 35.4 Å². The zero-order valence-electron chi connectivity index (χ0n) is 6.07. The van der Waals surface area contributed by atoms with Crippen molar-refractivity contribution < 1.29 is 5.11 Å². The molecule has 0 aromatic heterocycles. The first-order chi connectivity index (χ1) is 5.29. The number of rotatable bonds is 0. The Balaban J connectivity index is 2.47. The van der Waals surface area contributed by atoms with E-state index < -0.39 is 0 Å². The van der Waals surface area contributed by atoms with Crippen molar-refractivity contribution in [2.24, 2.45) is 0 Å². The first-order valence-corrected chi connectivity index (χ1v) is 4.24. The van der Waals surface area contributed by atoms with Gasteiger partial charge in [-0.25, -0.2) is 0 Å². The summed E-state index contributed by atoms with van der Waals surface area (Å²) in [4.78, 5) is 0. The summed E-state index contributed by atoms with van der Waals surface area (Å²) in [6, 6.07) is 8.06. The largest absolute Gasteiger partial charge is 0.391 e. The molecule has 0 saturated heterocycles. The molecule has 1 nitrogen and oxygen atoms in total. The number of benzene rings is 1. The Kier molecular flexibility index (Phi) is 1.66. The smallest absolute Gasteiger partial charge is 0.0737 e. The van der Waals surface area contributed by atoms with Crippen molar-refractivity contribution in [1.29, 1.82) is 0 Å². The lowest BCUT2D eigenvalue weighted by Gasteiger charge is -2.06. The predicted molar refractivity (Wildman–Crippen MR) is 47.9 cm³/mol. The lowest BCUT2D eigenvalue weighted by atomic mass is 10.1. The van der Waals surface area contributed by atoms with Crippen LogP contribution in [0.4, 0.5) is 0 Å². The number of thiol groups is 1. The molecule has 0 unspecified atom stereocenters. The number of hydrogen-bond acceptors (Lipinski definition) is 2. The number of fused-ring (bicyclic) bond motifs is 1. The van der Waals surface area contributed by atoms with Gasteiger partial charge in [0.2, 0.25) is 0 Å². The minimum Gasteiger partial charge on any atom is -0.391 e. The Morgan fingerprint density at radius 1 is 1.36 bits per heavy atom. The van der Waals surface area contributed by atoms with E-state index in [2.05, 4.69) is 18.7 Å². The first-order valence-electron chi connectivity index (χ1n) is 3.73. The minimum absolute atomic E-state index is 0.0196.